The molecular formula is C20H20F3NO4. The van der Waals surface area contributed by atoms with Gasteiger partial charge in [-0.15, -0.1) is 0 Å². The molecule has 0 radical (unpaired) electrons. The highest BCUT2D eigenvalue weighted by Crippen LogP contribution is 2.26. The number of carbonyl (C=O) groups excluding carboxylic acids is 2. The van der Waals surface area contributed by atoms with Crippen molar-refractivity contribution in [1.29, 1.82) is 0 Å². The largest absolute Gasteiger partial charge is 0.494 e. The van der Waals surface area contributed by atoms with E-state index in [0.717, 1.165) is 0 Å². The smallest absolute Gasteiger partial charge is 0.422 e. The zero-order chi connectivity index (χ0) is 20.6. The summed E-state index contributed by atoms with van der Waals surface area (Å²) in [6.07, 6.45) is -3.93. The summed E-state index contributed by atoms with van der Waals surface area (Å²) in [7, 11) is 0. The fourth-order valence-corrected chi connectivity index (χ4v) is 2.28. The molecule has 5 nitrogen and oxygen atoms in total. The van der Waals surface area contributed by atoms with Crippen LogP contribution in [0.1, 0.15) is 30.1 Å². The Kier molecular flexibility index (Phi) is 7.43. The number of carbonyl (C=O) groups is 2. The van der Waals surface area contributed by atoms with Crippen LogP contribution in [-0.2, 0) is 4.79 Å². The van der Waals surface area contributed by atoms with E-state index in [9.17, 15) is 22.8 Å². The summed E-state index contributed by atoms with van der Waals surface area (Å²) in [5, 5.41) is 2.54. The van der Waals surface area contributed by atoms with Crippen molar-refractivity contribution in [2.45, 2.75) is 25.9 Å². The van der Waals surface area contributed by atoms with Crippen LogP contribution in [0.3, 0.4) is 0 Å². The van der Waals surface area contributed by atoms with Gasteiger partial charge in [-0.2, -0.15) is 13.2 Å². The Morgan fingerprint density at radius 1 is 1.00 bits per heavy atom. The molecular weight excluding hydrogens is 375 g/mol. The first-order valence-electron chi connectivity index (χ1n) is 8.57. The van der Waals surface area contributed by atoms with Gasteiger partial charge in [-0.25, -0.2) is 0 Å². The molecule has 0 unspecified atom stereocenters. The molecule has 2 aromatic rings. The number of Topliss-reactive ketones (excluding diaryl/α,β-unsaturated/α-hetero) is 1. The maximum atomic E-state index is 12.3. The van der Waals surface area contributed by atoms with Crippen molar-refractivity contribution < 1.29 is 32.2 Å². The number of benzene rings is 2. The molecule has 2 aromatic carbocycles. The second kappa shape index (κ2) is 9.77. The van der Waals surface area contributed by atoms with E-state index in [2.05, 4.69) is 5.32 Å². The van der Waals surface area contributed by atoms with E-state index < -0.39 is 12.8 Å². The van der Waals surface area contributed by atoms with Gasteiger partial charge in [0.05, 0.1) is 12.3 Å². The summed E-state index contributed by atoms with van der Waals surface area (Å²) in [6, 6.07) is 12.6. The van der Waals surface area contributed by atoms with E-state index in [1.54, 1.807) is 30.3 Å². The summed E-state index contributed by atoms with van der Waals surface area (Å²) in [5.41, 5.74) is 0.760. The van der Waals surface area contributed by atoms with Crippen molar-refractivity contribution >= 4 is 17.4 Å². The van der Waals surface area contributed by atoms with Crippen LogP contribution >= 0.6 is 0 Å². The molecule has 0 atom stereocenters. The van der Waals surface area contributed by atoms with E-state index >= 15 is 0 Å². The first-order valence-corrected chi connectivity index (χ1v) is 8.57. The Balaban J connectivity index is 1.77. The van der Waals surface area contributed by atoms with E-state index in [4.69, 9.17) is 9.47 Å². The maximum absolute atomic E-state index is 12.3. The van der Waals surface area contributed by atoms with E-state index in [-0.39, 0.29) is 36.2 Å². The topological polar surface area (TPSA) is 64.6 Å². The zero-order valence-corrected chi connectivity index (χ0v) is 15.2. The number of halogens is 3. The minimum Gasteiger partial charge on any atom is -0.494 e. The highest BCUT2D eigenvalue weighted by atomic mass is 19.4. The lowest BCUT2D eigenvalue weighted by atomic mass is 10.1. The number of hydrogen-bond donors (Lipinski definition) is 1. The summed E-state index contributed by atoms with van der Waals surface area (Å²) in [6.45, 7) is 0.315. The molecule has 2 rings (SSSR count). The van der Waals surface area contributed by atoms with Crippen LogP contribution in [-0.4, -0.2) is 31.1 Å². The minimum atomic E-state index is -4.46. The number of anilines is 1. The summed E-state index contributed by atoms with van der Waals surface area (Å²) >= 11 is 0. The van der Waals surface area contributed by atoms with Crippen molar-refractivity contribution in [1.82, 2.24) is 0 Å². The van der Waals surface area contributed by atoms with Crippen molar-refractivity contribution in [3.63, 3.8) is 0 Å². The second-order valence-corrected chi connectivity index (χ2v) is 5.98. The minimum absolute atomic E-state index is 0.0392. The predicted octanol–water partition coefficient (Wildman–Crippen LogP) is 4.63. The average molecular weight is 395 g/mol. The summed E-state index contributed by atoms with van der Waals surface area (Å²) in [4.78, 5) is 23.2. The summed E-state index contributed by atoms with van der Waals surface area (Å²) in [5.74, 6) is 0.132. The standard InChI is InChI=1S/C20H20F3NO4/c1-14(25)15-8-10-16(11-9-15)27-12-4-7-19(26)24-17-5-2-3-6-18(17)28-13-20(21,22)23/h2-3,5-6,8-11H,4,7,12-13H2,1H3,(H,24,26). The molecule has 0 saturated carbocycles. The average Bonchev–Trinajstić information content (AvgIpc) is 2.64. The fourth-order valence-electron chi connectivity index (χ4n) is 2.28. The normalized spacial score (nSPS) is 11.0. The van der Waals surface area contributed by atoms with Gasteiger partial charge in [0.1, 0.15) is 11.5 Å². The fraction of sp³-hybridized carbons (Fsp3) is 0.300. The number of amides is 1. The van der Waals surface area contributed by atoms with Gasteiger partial charge in [0.25, 0.3) is 0 Å². The molecule has 150 valence electrons. The van der Waals surface area contributed by atoms with Crippen molar-refractivity contribution in [2.75, 3.05) is 18.5 Å². The lowest BCUT2D eigenvalue weighted by molar-refractivity contribution is -0.153. The number of hydrogen-bond acceptors (Lipinski definition) is 4. The number of rotatable bonds is 9. The molecule has 0 saturated heterocycles. The van der Waals surface area contributed by atoms with E-state index in [1.165, 1.54) is 25.1 Å². The number of ketones is 1. The third kappa shape index (κ3) is 7.30. The van der Waals surface area contributed by atoms with Crippen molar-refractivity contribution in [3.05, 3.63) is 54.1 Å². The molecule has 8 heteroatoms. The lowest BCUT2D eigenvalue weighted by Crippen LogP contribution is -2.20. The molecule has 0 aliphatic carbocycles. The quantitative estimate of drug-likeness (QED) is 0.497. The van der Waals surface area contributed by atoms with Crippen LogP contribution in [0.5, 0.6) is 11.5 Å². The van der Waals surface area contributed by atoms with Gasteiger partial charge in [0.15, 0.2) is 12.4 Å². The highest BCUT2D eigenvalue weighted by molar-refractivity contribution is 5.94. The van der Waals surface area contributed by atoms with Gasteiger partial charge < -0.3 is 14.8 Å². The van der Waals surface area contributed by atoms with Gasteiger partial charge >= 0.3 is 6.18 Å². The Labute approximate surface area is 160 Å². The highest BCUT2D eigenvalue weighted by Gasteiger charge is 2.28. The molecule has 0 aliphatic rings. The van der Waals surface area contributed by atoms with Gasteiger partial charge in [-0.05, 0) is 49.7 Å². The molecule has 28 heavy (non-hydrogen) atoms. The summed E-state index contributed by atoms with van der Waals surface area (Å²) < 4.78 is 47.1. The Morgan fingerprint density at radius 2 is 1.68 bits per heavy atom. The number of para-hydroxylation sites is 2. The Morgan fingerprint density at radius 3 is 2.32 bits per heavy atom. The van der Waals surface area contributed by atoms with E-state index in [0.29, 0.717) is 17.7 Å². The second-order valence-electron chi connectivity index (χ2n) is 5.98. The molecule has 0 fully saturated rings. The maximum Gasteiger partial charge on any atom is 0.422 e. The first kappa shape index (κ1) is 21.3. The van der Waals surface area contributed by atoms with Gasteiger partial charge in [0.2, 0.25) is 5.91 Å². The van der Waals surface area contributed by atoms with Crippen LogP contribution < -0.4 is 14.8 Å². The van der Waals surface area contributed by atoms with Gasteiger partial charge in [0, 0.05) is 12.0 Å². The number of nitrogens with one attached hydrogen (secondary N) is 1. The predicted molar refractivity (Wildman–Crippen MR) is 97.8 cm³/mol. The molecule has 1 amide bonds. The van der Waals surface area contributed by atoms with Crippen molar-refractivity contribution in [2.24, 2.45) is 0 Å². The Bertz CT molecular complexity index is 804. The van der Waals surface area contributed by atoms with Crippen molar-refractivity contribution in [3.8, 4) is 11.5 Å². The van der Waals surface area contributed by atoms with Crippen LogP contribution in [0.2, 0.25) is 0 Å². The van der Waals surface area contributed by atoms with Gasteiger partial charge in [-0.3, -0.25) is 9.59 Å². The first-order chi connectivity index (χ1) is 13.2. The molecule has 0 aromatic heterocycles. The third-order valence-corrected chi connectivity index (χ3v) is 3.63. The zero-order valence-electron chi connectivity index (χ0n) is 15.2. The van der Waals surface area contributed by atoms with Crippen LogP contribution in [0, 0.1) is 0 Å². The van der Waals surface area contributed by atoms with Gasteiger partial charge in [-0.1, -0.05) is 12.1 Å². The van der Waals surface area contributed by atoms with Crippen LogP contribution in [0.15, 0.2) is 48.5 Å². The number of alkyl halides is 3. The third-order valence-electron chi connectivity index (χ3n) is 3.63. The molecule has 0 heterocycles. The molecule has 0 aliphatic heterocycles. The number of ether oxygens (including phenoxy) is 2. The lowest BCUT2D eigenvalue weighted by Gasteiger charge is -2.13. The molecule has 0 bridgehead atoms. The van der Waals surface area contributed by atoms with Crippen LogP contribution in [0.4, 0.5) is 18.9 Å². The monoisotopic (exact) mass is 395 g/mol. The SMILES string of the molecule is CC(=O)c1ccc(OCCCC(=O)Nc2ccccc2OCC(F)(F)F)cc1. The molecule has 1 N–H and O–H groups in total. The van der Waals surface area contributed by atoms with Crippen LogP contribution in [0.25, 0.3) is 0 Å². The van der Waals surface area contributed by atoms with E-state index in [1.807, 2.05) is 0 Å². The molecule has 0 spiro atoms. The Hall–Kier alpha value is -3.03.